The van der Waals surface area contributed by atoms with Crippen LogP contribution in [0.15, 0.2) is 18.5 Å². The van der Waals surface area contributed by atoms with Crippen LogP contribution in [0.4, 0.5) is 16.0 Å². The molecular weight excluding hydrogens is 185 g/mol. The Hall–Kier alpha value is -1.98. The van der Waals surface area contributed by atoms with Gasteiger partial charge in [-0.1, -0.05) is 0 Å². The second-order valence-corrected chi connectivity index (χ2v) is 2.73. The molecule has 0 atom stereocenters. The summed E-state index contributed by atoms with van der Waals surface area (Å²) in [7, 11) is 0. The van der Waals surface area contributed by atoms with Crippen LogP contribution >= 0.6 is 0 Å². The van der Waals surface area contributed by atoms with Crippen molar-refractivity contribution in [2.24, 2.45) is 0 Å². The summed E-state index contributed by atoms with van der Waals surface area (Å²) in [5.74, 6) is 0.00660. The fraction of sp³-hybridized carbons (Fsp3) is 0.125. The lowest BCUT2D eigenvalue weighted by Gasteiger charge is -2.04. The van der Waals surface area contributed by atoms with Gasteiger partial charge in [0.1, 0.15) is 6.33 Å². The molecule has 0 unspecified atom stereocenters. The highest BCUT2D eigenvalue weighted by Crippen LogP contribution is 2.15. The lowest BCUT2D eigenvalue weighted by atomic mass is 10.3. The number of nitrogens with zero attached hydrogens (tertiary/aromatic N) is 3. The van der Waals surface area contributed by atoms with Gasteiger partial charge in [-0.2, -0.15) is 14.5 Å². The molecule has 0 saturated carbocycles. The third kappa shape index (κ3) is 1.68. The molecule has 5 nitrogen and oxygen atoms in total. The number of pyridine rings is 1. The molecular formula is C8H8FN5. The third-order valence-corrected chi connectivity index (χ3v) is 1.72. The molecule has 0 amide bonds. The van der Waals surface area contributed by atoms with Crippen LogP contribution < -0.4 is 5.32 Å². The van der Waals surface area contributed by atoms with E-state index in [-0.39, 0.29) is 0 Å². The summed E-state index contributed by atoms with van der Waals surface area (Å²) in [6.45, 7) is 1.71. The van der Waals surface area contributed by atoms with Crippen LogP contribution in [0, 0.1) is 12.9 Å². The van der Waals surface area contributed by atoms with Gasteiger partial charge in [-0.05, 0) is 19.1 Å². The monoisotopic (exact) mass is 193 g/mol. The van der Waals surface area contributed by atoms with Crippen LogP contribution in [0.2, 0.25) is 0 Å². The van der Waals surface area contributed by atoms with Crippen molar-refractivity contribution < 1.29 is 4.39 Å². The van der Waals surface area contributed by atoms with Gasteiger partial charge in [0.2, 0.25) is 11.9 Å². The van der Waals surface area contributed by atoms with Gasteiger partial charge < -0.3 is 5.32 Å². The van der Waals surface area contributed by atoms with Gasteiger partial charge in [-0.15, -0.1) is 0 Å². The molecule has 2 aromatic rings. The van der Waals surface area contributed by atoms with Gasteiger partial charge >= 0.3 is 0 Å². The predicted octanol–water partition coefficient (Wildman–Crippen LogP) is 1.39. The van der Waals surface area contributed by atoms with E-state index >= 15 is 0 Å². The number of nitrogens with one attached hydrogen (secondary N) is 2. The summed E-state index contributed by atoms with van der Waals surface area (Å²) in [4.78, 5) is 7.54. The average molecular weight is 193 g/mol. The Labute approximate surface area is 79.4 Å². The molecule has 72 valence electrons. The molecule has 2 heterocycles. The van der Waals surface area contributed by atoms with E-state index in [0.29, 0.717) is 17.3 Å². The van der Waals surface area contributed by atoms with Crippen molar-refractivity contribution in [3.8, 4) is 0 Å². The maximum Gasteiger partial charge on any atom is 0.222 e. The zero-order chi connectivity index (χ0) is 9.97. The number of aromatic nitrogens is 4. The Kier molecular flexibility index (Phi) is 2.10. The first-order valence-corrected chi connectivity index (χ1v) is 4.01. The summed E-state index contributed by atoms with van der Waals surface area (Å²) >= 11 is 0. The van der Waals surface area contributed by atoms with Gasteiger partial charge in [0, 0.05) is 0 Å². The van der Waals surface area contributed by atoms with E-state index in [1.807, 2.05) is 0 Å². The summed E-state index contributed by atoms with van der Waals surface area (Å²) in [5, 5.41) is 9.23. The number of rotatable bonds is 2. The molecule has 0 radical (unpaired) electrons. The summed E-state index contributed by atoms with van der Waals surface area (Å²) in [5.41, 5.74) is 1.27. The number of halogens is 1. The van der Waals surface area contributed by atoms with Crippen LogP contribution in [-0.4, -0.2) is 20.2 Å². The number of H-pyrrole nitrogens is 1. The van der Waals surface area contributed by atoms with Gasteiger partial charge in [-0.25, -0.2) is 10.1 Å². The Morgan fingerprint density at radius 2 is 2.29 bits per heavy atom. The van der Waals surface area contributed by atoms with Crippen LogP contribution in [0.3, 0.4) is 0 Å². The van der Waals surface area contributed by atoms with E-state index in [1.54, 1.807) is 13.0 Å². The fourth-order valence-corrected chi connectivity index (χ4v) is 1.06. The molecule has 2 N–H and O–H groups in total. The molecule has 2 aromatic heterocycles. The van der Waals surface area contributed by atoms with Gasteiger partial charge in [0.15, 0.2) is 0 Å². The SMILES string of the molecule is Cc1nc(F)ccc1Nc1ncn[nH]1. The van der Waals surface area contributed by atoms with Gasteiger partial charge in [-0.3, -0.25) is 0 Å². The van der Waals surface area contributed by atoms with Crippen molar-refractivity contribution >= 4 is 11.6 Å². The van der Waals surface area contributed by atoms with Crippen molar-refractivity contribution in [3.63, 3.8) is 0 Å². The van der Waals surface area contributed by atoms with Crippen LogP contribution in [0.5, 0.6) is 0 Å². The average Bonchev–Trinajstić information content (AvgIpc) is 2.62. The van der Waals surface area contributed by atoms with Gasteiger partial charge in [0.05, 0.1) is 11.4 Å². The maximum absolute atomic E-state index is 12.7. The third-order valence-electron chi connectivity index (χ3n) is 1.72. The van der Waals surface area contributed by atoms with Crippen LogP contribution in [0.1, 0.15) is 5.69 Å². The zero-order valence-electron chi connectivity index (χ0n) is 7.45. The highest BCUT2D eigenvalue weighted by molar-refractivity contribution is 5.55. The highest BCUT2D eigenvalue weighted by atomic mass is 19.1. The first-order valence-electron chi connectivity index (χ1n) is 4.01. The van der Waals surface area contributed by atoms with Crippen molar-refractivity contribution in [1.82, 2.24) is 20.2 Å². The smallest absolute Gasteiger partial charge is 0.222 e. The van der Waals surface area contributed by atoms with Crippen molar-refractivity contribution in [2.75, 3.05) is 5.32 Å². The highest BCUT2D eigenvalue weighted by Gasteiger charge is 2.02. The van der Waals surface area contributed by atoms with Crippen LogP contribution in [-0.2, 0) is 0 Å². The van der Waals surface area contributed by atoms with E-state index in [1.165, 1.54) is 12.4 Å². The Bertz CT molecular complexity index is 425. The zero-order valence-corrected chi connectivity index (χ0v) is 7.45. The maximum atomic E-state index is 12.7. The molecule has 0 bridgehead atoms. The van der Waals surface area contributed by atoms with Crippen molar-refractivity contribution in [3.05, 3.63) is 30.1 Å². The molecule has 0 spiro atoms. The standard InChI is InChI=1S/C8H8FN5/c1-5-6(2-3-7(9)12-5)13-8-10-4-11-14-8/h2-4H,1H3,(H2,10,11,13,14). The number of aryl methyl sites for hydroxylation is 1. The summed E-state index contributed by atoms with van der Waals surface area (Å²) < 4.78 is 12.7. The minimum atomic E-state index is -0.495. The molecule has 0 aliphatic rings. The molecule has 2 rings (SSSR count). The van der Waals surface area contributed by atoms with Crippen LogP contribution in [0.25, 0.3) is 0 Å². The Morgan fingerprint density at radius 1 is 1.43 bits per heavy atom. The first-order chi connectivity index (χ1) is 6.75. The number of hydrogen-bond donors (Lipinski definition) is 2. The quantitative estimate of drug-likeness (QED) is 0.707. The second-order valence-electron chi connectivity index (χ2n) is 2.73. The number of hydrogen-bond acceptors (Lipinski definition) is 4. The largest absolute Gasteiger partial charge is 0.323 e. The minimum absolute atomic E-state index is 0.495. The fourth-order valence-electron chi connectivity index (χ4n) is 1.06. The summed E-state index contributed by atoms with van der Waals surface area (Å²) in [6.07, 6.45) is 1.38. The minimum Gasteiger partial charge on any atom is -0.323 e. The Morgan fingerprint density at radius 3 is 2.93 bits per heavy atom. The number of aromatic amines is 1. The van der Waals surface area contributed by atoms with E-state index in [4.69, 9.17) is 0 Å². The molecule has 0 aliphatic carbocycles. The lowest BCUT2D eigenvalue weighted by molar-refractivity contribution is 0.580. The second kappa shape index (κ2) is 3.41. The summed E-state index contributed by atoms with van der Waals surface area (Å²) in [6, 6.07) is 2.88. The van der Waals surface area contributed by atoms with E-state index in [2.05, 4.69) is 25.5 Å². The van der Waals surface area contributed by atoms with E-state index in [9.17, 15) is 4.39 Å². The van der Waals surface area contributed by atoms with E-state index in [0.717, 1.165) is 0 Å². The number of anilines is 2. The van der Waals surface area contributed by atoms with Crippen molar-refractivity contribution in [2.45, 2.75) is 6.92 Å². The lowest BCUT2D eigenvalue weighted by Crippen LogP contribution is -1.98. The molecule has 0 fully saturated rings. The molecule has 6 heteroatoms. The predicted molar refractivity (Wildman–Crippen MR) is 48.6 cm³/mol. The molecule has 0 saturated heterocycles. The molecule has 0 aliphatic heterocycles. The molecule has 0 aromatic carbocycles. The first kappa shape index (κ1) is 8.61. The Balaban J connectivity index is 2.25. The van der Waals surface area contributed by atoms with E-state index < -0.39 is 5.95 Å². The van der Waals surface area contributed by atoms with Crippen molar-refractivity contribution in [1.29, 1.82) is 0 Å². The topological polar surface area (TPSA) is 66.5 Å². The van der Waals surface area contributed by atoms with Gasteiger partial charge in [0.25, 0.3) is 0 Å². The normalized spacial score (nSPS) is 10.1. The molecule has 14 heavy (non-hydrogen) atoms.